The summed E-state index contributed by atoms with van der Waals surface area (Å²) in [4.78, 5) is 4.64. The summed E-state index contributed by atoms with van der Waals surface area (Å²) in [7, 11) is 0. The Kier molecular flexibility index (Phi) is 4.66. The SMILES string of the molecule is C/C=C(\S)c1c(-c2ccccc2F)nnc(F)c1-c1ccccn1. The minimum Gasteiger partial charge on any atom is -0.256 e. The van der Waals surface area contributed by atoms with Crippen LogP contribution >= 0.6 is 12.6 Å². The van der Waals surface area contributed by atoms with Crippen molar-refractivity contribution in [2.45, 2.75) is 6.92 Å². The van der Waals surface area contributed by atoms with Crippen LogP contribution in [0.3, 0.4) is 0 Å². The highest BCUT2D eigenvalue weighted by Crippen LogP contribution is 2.37. The molecule has 3 aromatic rings. The van der Waals surface area contributed by atoms with Gasteiger partial charge in [-0.15, -0.1) is 22.8 Å². The number of aromatic nitrogens is 3. The molecule has 6 heteroatoms. The highest BCUT2D eigenvalue weighted by Gasteiger charge is 2.22. The fraction of sp³-hybridized carbons (Fsp3) is 0.0556. The van der Waals surface area contributed by atoms with Crippen molar-refractivity contribution in [1.82, 2.24) is 15.2 Å². The molecule has 1 aromatic carbocycles. The van der Waals surface area contributed by atoms with E-state index in [-0.39, 0.29) is 16.8 Å². The molecule has 0 saturated heterocycles. The molecule has 0 spiro atoms. The van der Waals surface area contributed by atoms with E-state index in [1.165, 1.54) is 6.07 Å². The lowest BCUT2D eigenvalue weighted by atomic mass is 9.98. The Hall–Kier alpha value is -2.60. The summed E-state index contributed by atoms with van der Waals surface area (Å²) in [6.45, 7) is 1.76. The van der Waals surface area contributed by atoms with Crippen molar-refractivity contribution in [1.29, 1.82) is 0 Å². The number of rotatable bonds is 3. The Balaban J connectivity index is 2.39. The normalized spacial score (nSPS) is 11.6. The molecule has 0 atom stereocenters. The minimum atomic E-state index is -0.780. The van der Waals surface area contributed by atoms with Crippen LogP contribution in [0, 0.1) is 11.8 Å². The fourth-order valence-corrected chi connectivity index (χ4v) is 2.61. The number of benzene rings is 1. The van der Waals surface area contributed by atoms with E-state index in [1.54, 1.807) is 55.6 Å². The van der Waals surface area contributed by atoms with Gasteiger partial charge in [0.2, 0.25) is 5.95 Å². The second-order valence-electron chi connectivity index (χ2n) is 4.96. The van der Waals surface area contributed by atoms with Gasteiger partial charge >= 0.3 is 0 Å². The Morgan fingerprint density at radius 2 is 1.79 bits per heavy atom. The first kappa shape index (κ1) is 16.3. The standard InChI is InChI=1S/C18H13F2N3S/c1-2-14(24)16-15(13-9-5-6-10-21-13)18(20)23-22-17(16)11-7-3-4-8-12(11)19/h2-10,24H,1H3/b14-2-. The van der Waals surface area contributed by atoms with Crippen molar-refractivity contribution >= 4 is 17.5 Å². The van der Waals surface area contributed by atoms with E-state index in [4.69, 9.17) is 0 Å². The van der Waals surface area contributed by atoms with Gasteiger partial charge in [-0.1, -0.05) is 24.3 Å². The van der Waals surface area contributed by atoms with Gasteiger partial charge in [0.1, 0.15) is 11.5 Å². The van der Waals surface area contributed by atoms with Crippen LogP contribution in [0.25, 0.3) is 27.4 Å². The van der Waals surface area contributed by atoms with Crippen molar-refractivity contribution < 1.29 is 8.78 Å². The second kappa shape index (κ2) is 6.88. The van der Waals surface area contributed by atoms with E-state index in [0.717, 1.165) is 0 Å². The first-order chi connectivity index (χ1) is 11.6. The monoisotopic (exact) mass is 341 g/mol. The summed E-state index contributed by atoms with van der Waals surface area (Å²) in [5.41, 5.74) is 1.33. The molecule has 0 aliphatic carbocycles. The maximum Gasteiger partial charge on any atom is 0.243 e. The van der Waals surface area contributed by atoms with Gasteiger partial charge in [0.15, 0.2) is 0 Å². The highest BCUT2D eigenvalue weighted by atomic mass is 32.1. The largest absolute Gasteiger partial charge is 0.256 e. The zero-order valence-electron chi connectivity index (χ0n) is 12.7. The molecule has 3 rings (SSSR count). The Labute approximate surface area is 143 Å². The summed E-state index contributed by atoms with van der Waals surface area (Å²) in [6.07, 6.45) is 3.24. The summed E-state index contributed by atoms with van der Waals surface area (Å²) in [6, 6.07) is 11.3. The Morgan fingerprint density at radius 1 is 1.04 bits per heavy atom. The van der Waals surface area contributed by atoms with Gasteiger partial charge in [-0.2, -0.15) is 4.39 Å². The molecule has 0 fully saturated rings. The smallest absolute Gasteiger partial charge is 0.243 e. The maximum absolute atomic E-state index is 14.5. The quantitative estimate of drug-likeness (QED) is 0.697. The number of nitrogens with zero attached hydrogens (tertiary/aromatic N) is 3. The van der Waals surface area contributed by atoms with Crippen LogP contribution in [-0.4, -0.2) is 15.2 Å². The maximum atomic E-state index is 14.5. The van der Waals surface area contributed by atoms with Crippen LogP contribution in [0.4, 0.5) is 8.78 Å². The lowest BCUT2D eigenvalue weighted by molar-refractivity contribution is 0.566. The number of thiol groups is 1. The van der Waals surface area contributed by atoms with E-state index < -0.39 is 11.8 Å². The molecule has 0 aliphatic heterocycles. The molecule has 0 aliphatic rings. The molecular formula is C18H13F2N3S. The topological polar surface area (TPSA) is 38.7 Å². The van der Waals surface area contributed by atoms with Crippen LogP contribution in [0.5, 0.6) is 0 Å². The van der Waals surface area contributed by atoms with Crippen molar-refractivity contribution in [2.24, 2.45) is 0 Å². The molecular weight excluding hydrogens is 328 g/mol. The van der Waals surface area contributed by atoms with Gasteiger partial charge in [0.05, 0.1) is 11.3 Å². The van der Waals surface area contributed by atoms with Crippen molar-refractivity contribution in [3.63, 3.8) is 0 Å². The molecule has 2 aromatic heterocycles. The predicted octanol–water partition coefficient (Wildman–Crippen LogP) is 4.77. The average molecular weight is 341 g/mol. The van der Waals surface area contributed by atoms with E-state index in [0.29, 0.717) is 16.2 Å². The Bertz CT molecular complexity index is 911. The fourth-order valence-electron chi connectivity index (χ4n) is 2.40. The van der Waals surface area contributed by atoms with E-state index in [1.807, 2.05) is 0 Å². The molecule has 24 heavy (non-hydrogen) atoms. The number of hydrogen-bond donors (Lipinski definition) is 1. The summed E-state index contributed by atoms with van der Waals surface area (Å²) in [5.74, 6) is -1.25. The third-order valence-corrected chi connectivity index (χ3v) is 3.99. The number of hydrogen-bond acceptors (Lipinski definition) is 4. The van der Waals surface area contributed by atoms with Crippen LogP contribution < -0.4 is 0 Å². The van der Waals surface area contributed by atoms with E-state index in [9.17, 15) is 8.78 Å². The van der Waals surface area contributed by atoms with Crippen LogP contribution in [0.2, 0.25) is 0 Å². The molecule has 0 saturated carbocycles. The average Bonchev–Trinajstić information content (AvgIpc) is 2.62. The van der Waals surface area contributed by atoms with Gasteiger partial charge in [-0.05, 0) is 31.2 Å². The lowest BCUT2D eigenvalue weighted by Gasteiger charge is -2.14. The zero-order valence-corrected chi connectivity index (χ0v) is 13.6. The summed E-state index contributed by atoms with van der Waals surface area (Å²) in [5, 5.41) is 7.45. The number of allylic oxidation sites excluding steroid dienone is 1. The summed E-state index contributed by atoms with van der Waals surface area (Å²) < 4.78 is 28.7. The molecule has 0 amide bonds. The molecule has 0 radical (unpaired) electrons. The van der Waals surface area contributed by atoms with Crippen molar-refractivity contribution in [3.05, 3.63) is 72.1 Å². The van der Waals surface area contributed by atoms with Crippen LogP contribution in [0.1, 0.15) is 12.5 Å². The molecule has 0 unspecified atom stereocenters. The number of pyridine rings is 1. The third-order valence-electron chi connectivity index (χ3n) is 3.51. The van der Waals surface area contributed by atoms with E-state index >= 15 is 0 Å². The Morgan fingerprint density at radius 3 is 2.46 bits per heavy atom. The number of halogens is 2. The van der Waals surface area contributed by atoms with Gasteiger partial charge in [0.25, 0.3) is 0 Å². The lowest BCUT2D eigenvalue weighted by Crippen LogP contribution is -2.04. The highest BCUT2D eigenvalue weighted by molar-refractivity contribution is 7.90. The van der Waals surface area contributed by atoms with Crippen molar-refractivity contribution in [2.75, 3.05) is 0 Å². The van der Waals surface area contributed by atoms with Gasteiger partial charge in [-0.25, -0.2) is 4.39 Å². The molecule has 120 valence electrons. The molecule has 0 bridgehead atoms. The van der Waals surface area contributed by atoms with E-state index in [2.05, 4.69) is 27.8 Å². The minimum absolute atomic E-state index is 0.145. The molecule has 0 N–H and O–H groups in total. The first-order valence-electron chi connectivity index (χ1n) is 7.21. The second-order valence-corrected chi connectivity index (χ2v) is 5.44. The molecule has 2 heterocycles. The van der Waals surface area contributed by atoms with Crippen LogP contribution in [0.15, 0.2) is 54.7 Å². The third kappa shape index (κ3) is 2.92. The molecule has 3 nitrogen and oxygen atoms in total. The first-order valence-corrected chi connectivity index (χ1v) is 7.66. The predicted molar refractivity (Wildman–Crippen MR) is 93.3 cm³/mol. The van der Waals surface area contributed by atoms with Gasteiger partial charge < -0.3 is 0 Å². The summed E-state index contributed by atoms with van der Waals surface area (Å²) >= 11 is 4.42. The van der Waals surface area contributed by atoms with Crippen LogP contribution in [-0.2, 0) is 0 Å². The zero-order chi connectivity index (χ0) is 17.1. The van der Waals surface area contributed by atoms with Gasteiger partial charge in [-0.3, -0.25) is 4.98 Å². The van der Waals surface area contributed by atoms with Gasteiger partial charge in [0, 0.05) is 22.2 Å². The van der Waals surface area contributed by atoms with Crippen molar-refractivity contribution in [3.8, 4) is 22.5 Å².